The number of sulfonamides is 1. The van der Waals surface area contributed by atoms with Crippen LogP contribution in [0.25, 0.3) is 0 Å². The van der Waals surface area contributed by atoms with Crippen LogP contribution in [0.2, 0.25) is 10.0 Å². The van der Waals surface area contributed by atoms with E-state index in [1.54, 1.807) is 6.07 Å². The van der Waals surface area contributed by atoms with Gasteiger partial charge < -0.3 is 5.32 Å². The number of hydrogen-bond acceptors (Lipinski definition) is 3. The van der Waals surface area contributed by atoms with Gasteiger partial charge in [-0.2, -0.15) is 4.31 Å². The Kier molecular flexibility index (Phi) is 5.87. The van der Waals surface area contributed by atoms with Crippen LogP contribution in [0.15, 0.2) is 42.5 Å². The van der Waals surface area contributed by atoms with Gasteiger partial charge in [0, 0.05) is 24.7 Å². The second-order valence-electron chi connectivity index (χ2n) is 6.05. The zero-order valence-electron chi connectivity index (χ0n) is 13.9. The number of halogens is 2. The fourth-order valence-electron chi connectivity index (χ4n) is 2.90. The first-order valence-electron chi connectivity index (χ1n) is 8.15. The summed E-state index contributed by atoms with van der Waals surface area (Å²) in [4.78, 5) is 12.2. The Bertz CT molecular complexity index is 932. The van der Waals surface area contributed by atoms with Gasteiger partial charge in [-0.25, -0.2) is 8.42 Å². The Labute approximate surface area is 163 Å². The SMILES string of the molecule is O=C(NCCS(=O)(=O)N1CCc2ccccc2C1)c1cc(Cl)ccc1Cl. The van der Waals surface area contributed by atoms with E-state index in [4.69, 9.17) is 23.2 Å². The summed E-state index contributed by atoms with van der Waals surface area (Å²) in [5.41, 5.74) is 2.43. The summed E-state index contributed by atoms with van der Waals surface area (Å²) in [5.74, 6) is -0.615. The molecule has 0 bridgehead atoms. The van der Waals surface area contributed by atoms with Gasteiger partial charge in [0.05, 0.1) is 16.3 Å². The third-order valence-corrected chi connectivity index (χ3v) is 6.69. The molecule has 0 saturated heterocycles. The zero-order valence-corrected chi connectivity index (χ0v) is 16.2. The van der Waals surface area contributed by atoms with Crippen LogP contribution in [0.4, 0.5) is 0 Å². The number of benzene rings is 2. The summed E-state index contributed by atoms with van der Waals surface area (Å²) < 4.78 is 26.6. The molecular formula is C18H18Cl2N2O3S. The van der Waals surface area contributed by atoms with Crippen molar-refractivity contribution in [2.24, 2.45) is 0 Å². The minimum absolute atomic E-state index is 0.00214. The van der Waals surface area contributed by atoms with Crippen molar-refractivity contribution < 1.29 is 13.2 Å². The first kappa shape index (κ1) is 19.2. The summed E-state index contributed by atoms with van der Waals surface area (Å²) in [6.07, 6.45) is 0.694. The third-order valence-electron chi connectivity index (χ3n) is 4.31. The van der Waals surface area contributed by atoms with Crippen LogP contribution < -0.4 is 5.32 Å². The Balaban J connectivity index is 1.59. The van der Waals surface area contributed by atoms with Gasteiger partial charge in [-0.1, -0.05) is 47.5 Å². The van der Waals surface area contributed by atoms with E-state index in [0.717, 1.165) is 5.56 Å². The van der Waals surface area contributed by atoms with Crippen molar-refractivity contribution in [1.82, 2.24) is 9.62 Å². The Hall–Kier alpha value is -1.60. The van der Waals surface area contributed by atoms with E-state index in [0.29, 0.717) is 24.5 Å². The molecule has 5 nitrogen and oxygen atoms in total. The van der Waals surface area contributed by atoms with Crippen molar-refractivity contribution in [2.45, 2.75) is 13.0 Å². The van der Waals surface area contributed by atoms with Crippen molar-refractivity contribution in [3.63, 3.8) is 0 Å². The zero-order chi connectivity index (χ0) is 18.7. The van der Waals surface area contributed by atoms with Gasteiger partial charge in [0.1, 0.15) is 0 Å². The number of nitrogens with zero attached hydrogens (tertiary/aromatic N) is 1. The number of carbonyl (C=O) groups excluding carboxylic acids is 1. The minimum atomic E-state index is -3.46. The van der Waals surface area contributed by atoms with Crippen molar-refractivity contribution >= 4 is 39.1 Å². The highest BCUT2D eigenvalue weighted by Gasteiger charge is 2.26. The van der Waals surface area contributed by atoms with Gasteiger partial charge in [-0.05, 0) is 35.7 Å². The summed E-state index contributed by atoms with van der Waals surface area (Å²) in [5, 5.41) is 3.25. The van der Waals surface area contributed by atoms with E-state index >= 15 is 0 Å². The molecule has 0 radical (unpaired) electrons. The lowest BCUT2D eigenvalue weighted by Crippen LogP contribution is -2.40. The molecule has 0 saturated carbocycles. The molecule has 2 aromatic rings. The lowest BCUT2D eigenvalue weighted by Gasteiger charge is -2.28. The van der Waals surface area contributed by atoms with Crippen molar-refractivity contribution in [2.75, 3.05) is 18.8 Å². The van der Waals surface area contributed by atoms with Gasteiger partial charge in [-0.3, -0.25) is 4.79 Å². The summed E-state index contributed by atoms with van der Waals surface area (Å²) in [7, 11) is -3.46. The van der Waals surface area contributed by atoms with Gasteiger partial charge in [0.25, 0.3) is 5.91 Å². The molecule has 1 aliphatic heterocycles. The number of rotatable bonds is 5. The second-order valence-corrected chi connectivity index (χ2v) is 8.98. The van der Waals surface area contributed by atoms with Gasteiger partial charge in [0.15, 0.2) is 0 Å². The molecule has 0 aliphatic carbocycles. The van der Waals surface area contributed by atoms with Crippen LogP contribution in [-0.4, -0.2) is 37.5 Å². The smallest absolute Gasteiger partial charge is 0.252 e. The Morgan fingerprint density at radius 3 is 2.62 bits per heavy atom. The number of nitrogens with one attached hydrogen (secondary N) is 1. The first-order valence-corrected chi connectivity index (χ1v) is 10.5. The first-order chi connectivity index (χ1) is 12.4. The molecule has 0 fully saturated rings. The fraction of sp³-hybridized carbons (Fsp3) is 0.278. The van der Waals surface area contributed by atoms with Crippen molar-refractivity contribution in [3.05, 3.63) is 69.2 Å². The van der Waals surface area contributed by atoms with Crippen LogP contribution >= 0.6 is 23.2 Å². The molecule has 138 valence electrons. The standard InChI is InChI=1S/C18H18Cl2N2O3S/c19-15-5-6-17(20)16(11-15)18(23)21-8-10-26(24,25)22-9-7-13-3-1-2-4-14(13)12-22/h1-6,11H,7-10,12H2,(H,21,23). The van der Waals surface area contributed by atoms with E-state index in [1.165, 1.54) is 22.0 Å². The molecule has 1 amide bonds. The Morgan fingerprint density at radius 1 is 1.12 bits per heavy atom. The summed E-state index contributed by atoms with van der Waals surface area (Å²) in [6.45, 7) is 0.822. The lowest BCUT2D eigenvalue weighted by atomic mass is 10.0. The molecule has 1 aliphatic rings. The molecule has 2 aromatic carbocycles. The predicted octanol–water partition coefficient (Wildman–Crippen LogP) is 3.11. The van der Waals surface area contributed by atoms with Crippen LogP contribution in [0.1, 0.15) is 21.5 Å². The third kappa shape index (κ3) is 4.38. The average Bonchev–Trinajstić information content (AvgIpc) is 2.63. The Morgan fingerprint density at radius 2 is 1.85 bits per heavy atom. The van der Waals surface area contributed by atoms with Crippen molar-refractivity contribution in [1.29, 1.82) is 0 Å². The molecule has 0 spiro atoms. The van der Waals surface area contributed by atoms with Crippen molar-refractivity contribution in [3.8, 4) is 0 Å². The van der Waals surface area contributed by atoms with Gasteiger partial charge in [0.2, 0.25) is 10.0 Å². The maximum atomic E-state index is 12.6. The van der Waals surface area contributed by atoms with Gasteiger partial charge >= 0.3 is 0 Å². The summed E-state index contributed by atoms with van der Waals surface area (Å²) >= 11 is 11.9. The molecule has 26 heavy (non-hydrogen) atoms. The van der Waals surface area contributed by atoms with E-state index in [2.05, 4.69) is 5.32 Å². The highest BCUT2D eigenvalue weighted by Crippen LogP contribution is 2.22. The van der Waals surface area contributed by atoms with Crippen LogP contribution in [0, 0.1) is 0 Å². The lowest BCUT2D eigenvalue weighted by molar-refractivity contribution is 0.0956. The topological polar surface area (TPSA) is 66.5 Å². The van der Waals surface area contributed by atoms with E-state index in [9.17, 15) is 13.2 Å². The molecular weight excluding hydrogens is 395 g/mol. The average molecular weight is 413 g/mol. The fourth-order valence-corrected chi connectivity index (χ4v) is 4.60. The molecule has 0 unspecified atom stereocenters. The number of hydrogen-bond donors (Lipinski definition) is 1. The molecule has 3 rings (SSSR count). The largest absolute Gasteiger partial charge is 0.351 e. The normalized spacial score (nSPS) is 14.7. The predicted molar refractivity (Wildman–Crippen MR) is 103 cm³/mol. The quantitative estimate of drug-likeness (QED) is 0.819. The number of carbonyl (C=O) groups is 1. The van der Waals surface area contributed by atoms with Crippen LogP contribution in [-0.2, 0) is 23.0 Å². The molecule has 0 aromatic heterocycles. The second kappa shape index (κ2) is 7.96. The van der Waals surface area contributed by atoms with E-state index < -0.39 is 15.9 Å². The van der Waals surface area contributed by atoms with E-state index in [1.807, 2.05) is 24.3 Å². The molecule has 1 heterocycles. The van der Waals surface area contributed by atoms with E-state index in [-0.39, 0.29) is 22.9 Å². The number of fused-ring (bicyclic) bond motifs is 1. The maximum Gasteiger partial charge on any atom is 0.252 e. The monoisotopic (exact) mass is 412 g/mol. The van der Waals surface area contributed by atoms with Gasteiger partial charge in [-0.15, -0.1) is 0 Å². The summed E-state index contributed by atoms with van der Waals surface area (Å²) in [6, 6.07) is 12.4. The molecule has 8 heteroatoms. The number of amides is 1. The van der Waals surface area contributed by atoms with Crippen LogP contribution in [0.3, 0.4) is 0 Å². The highest BCUT2D eigenvalue weighted by atomic mass is 35.5. The molecule has 0 atom stereocenters. The van der Waals surface area contributed by atoms with Crippen LogP contribution in [0.5, 0.6) is 0 Å². The minimum Gasteiger partial charge on any atom is -0.351 e. The molecule has 1 N–H and O–H groups in total. The maximum absolute atomic E-state index is 12.6. The highest BCUT2D eigenvalue weighted by molar-refractivity contribution is 7.89.